The fraction of sp³-hybridized carbons (Fsp3) is 0.526. The highest BCUT2D eigenvalue weighted by molar-refractivity contribution is 7.89. The lowest BCUT2D eigenvalue weighted by Gasteiger charge is -2.19. The highest BCUT2D eigenvalue weighted by atomic mass is 35.5. The molecule has 0 saturated carbocycles. The van der Waals surface area contributed by atoms with E-state index in [4.69, 9.17) is 16.1 Å². The van der Waals surface area contributed by atoms with Crippen LogP contribution in [0.5, 0.6) is 0 Å². The monoisotopic (exact) mass is 442 g/mol. The minimum atomic E-state index is -3.65. The summed E-state index contributed by atoms with van der Waals surface area (Å²) in [6.45, 7) is 10.1. The first kappa shape index (κ1) is 23.3. The van der Waals surface area contributed by atoms with Gasteiger partial charge in [-0.1, -0.05) is 51.4 Å². The number of halogens is 1. The van der Waals surface area contributed by atoms with Gasteiger partial charge in [0.05, 0.1) is 15.6 Å². The third-order valence-electron chi connectivity index (χ3n) is 4.26. The molecule has 10 heteroatoms. The molecule has 0 aliphatic carbocycles. The first-order chi connectivity index (χ1) is 13.5. The van der Waals surface area contributed by atoms with Crippen molar-refractivity contribution >= 4 is 33.2 Å². The topological polar surface area (TPSA) is 105 Å². The lowest BCUT2D eigenvalue weighted by atomic mass is 9.96. The summed E-state index contributed by atoms with van der Waals surface area (Å²) in [5.74, 6) is 0.610. The highest BCUT2D eigenvalue weighted by Crippen LogP contribution is 2.27. The van der Waals surface area contributed by atoms with Gasteiger partial charge in [-0.25, -0.2) is 8.42 Å². The third kappa shape index (κ3) is 5.77. The zero-order chi connectivity index (χ0) is 21.8. The van der Waals surface area contributed by atoms with Crippen LogP contribution in [0.2, 0.25) is 5.02 Å². The first-order valence-corrected chi connectivity index (χ1v) is 11.2. The Bertz CT molecular complexity index is 963. The Kier molecular flexibility index (Phi) is 7.42. The summed E-state index contributed by atoms with van der Waals surface area (Å²) in [4.78, 5) is 16.7. The number of hydrogen-bond donors (Lipinski definition) is 1. The molecule has 160 valence electrons. The SMILES string of the molecule is CCN(CC)S(=O)(=O)c1ccc(Cl)c(NC(=O)CCc2nc(C(C)(C)C)no2)c1. The maximum atomic E-state index is 12.7. The zero-order valence-corrected chi connectivity index (χ0v) is 18.9. The van der Waals surface area contributed by atoms with Crippen LogP contribution in [0.15, 0.2) is 27.6 Å². The number of nitrogens with zero attached hydrogens (tertiary/aromatic N) is 3. The molecule has 1 amide bonds. The number of rotatable bonds is 8. The van der Waals surface area contributed by atoms with Gasteiger partial charge in [0.2, 0.25) is 21.8 Å². The van der Waals surface area contributed by atoms with Gasteiger partial charge in [0.15, 0.2) is 5.82 Å². The van der Waals surface area contributed by atoms with E-state index in [2.05, 4.69) is 15.5 Å². The lowest BCUT2D eigenvalue weighted by Crippen LogP contribution is -2.30. The largest absolute Gasteiger partial charge is 0.339 e. The van der Waals surface area contributed by atoms with Crippen molar-refractivity contribution in [1.29, 1.82) is 0 Å². The molecule has 0 fully saturated rings. The molecule has 0 unspecified atom stereocenters. The Morgan fingerprint density at radius 2 is 1.90 bits per heavy atom. The van der Waals surface area contributed by atoms with E-state index < -0.39 is 10.0 Å². The van der Waals surface area contributed by atoms with Crippen LogP contribution in [-0.4, -0.2) is 41.9 Å². The quantitative estimate of drug-likeness (QED) is 0.669. The highest BCUT2D eigenvalue weighted by Gasteiger charge is 2.23. The van der Waals surface area contributed by atoms with Crippen molar-refractivity contribution in [2.24, 2.45) is 0 Å². The van der Waals surface area contributed by atoms with Crippen molar-refractivity contribution in [2.45, 2.75) is 57.8 Å². The number of carbonyl (C=O) groups excluding carboxylic acids is 1. The van der Waals surface area contributed by atoms with E-state index in [0.717, 1.165) is 0 Å². The standard InChI is InChI=1S/C19H27ClN4O4S/c1-6-24(7-2)29(26,27)13-8-9-14(20)15(12-13)21-16(25)10-11-17-22-18(23-28-17)19(3,4)5/h8-9,12H,6-7,10-11H2,1-5H3,(H,21,25). The molecular weight excluding hydrogens is 416 g/mol. The summed E-state index contributed by atoms with van der Waals surface area (Å²) in [5.41, 5.74) is -0.000251. The molecule has 8 nitrogen and oxygen atoms in total. The van der Waals surface area contributed by atoms with Crippen LogP contribution in [-0.2, 0) is 26.7 Å². The maximum absolute atomic E-state index is 12.7. The second-order valence-corrected chi connectivity index (χ2v) is 9.89. The molecule has 1 aromatic carbocycles. The summed E-state index contributed by atoms with van der Waals surface area (Å²) in [7, 11) is -3.65. The van der Waals surface area contributed by atoms with Crippen molar-refractivity contribution in [3.05, 3.63) is 34.9 Å². The smallest absolute Gasteiger partial charge is 0.243 e. The fourth-order valence-electron chi connectivity index (χ4n) is 2.57. The van der Waals surface area contributed by atoms with Gasteiger partial charge < -0.3 is 9.84 Å². The minimum absolute atomic E-state index is 0.0765. The average molecular weight is 443 g/mol. The molecule has 0 spiro atoms. The van der Waals surface area contributed by atoms with Gasteiger partial charge >= 0.3 is 0 Å². The summed E-state index contributed by atoms with van der Waals surface area (Å²) in [6.07, 6.45) is 0.360. The van der Waals surface area contributed by atoms with Crippen molar-refractivity contribution in [2.75, 3.05) is 18.4 Å². The van der Waals surface area contributed by atoms with Gasteiger partial charge in [0.25, 0.3) is 0 Å². The molecule has 2 aromatic rings. The number of aryl methyl sites for hydroxylation is 1. The van der Waals surface area contributed by atoms with Gasteiger partial charge in [0, 0.05) is 31.3 Å². The second kappa shape index (κ2) is 9.23. The summed E-state index contributed by atoms with van der Waals surface area (Å²) in [5, 5.41) is 6.84. The molecule has 1 N–H and O–H groups in total. The molecule has 0 bridgehead atoms. The van der Waals surface area contributed by atoms with Gasteiger partial charge in [-0.2, -0.15) is 9.29 Å². The second-order valence-electron chi connectivity index (χ2n) is 7.54. The zero-order valence-electron chi connectivity index (χ0n) is 17.3. The molecule has 0 saturated heterocycles. The molecule has 0 aliphatic rings. The van der Waals surface area contributed by atoms with Crippen LogP contribution < -0.4 is 5.32 Å². The van der Waals surface area contributed by atoms with Crippen molar-refractivity contribution in [1.82, 2.24) is 14.4 Å². The predicted octanol–water partition coefficient (Wildman–Crippen LogP) is 3.62. The first-order valence-electron chi connectivity index (χ1n) is 9.41. The van der Waals surface area contributed by atoms with Crippen molar-refractivity contribution < 1.29 is 17.7 Å². The van der Waals surface area contributed by atoms with Crippen LogP contribution in [0, 0.1) is 0 Å². The van der Waals surface area contributed by atoms with Crippen LogP contribution in [0.3, 0.4) is 0 Å². The number of hydrogen-bond acceptors (Lipinski definition) is 6. The molecule has 2 rings (SSSR count). The van der Waals surface area contributed by atoms with Crippen LogP contribution in [0.1, 0.15) is 52.8 Å². The third-order valence-corrected chi connectivity index (χ3v) is 6.64. The van der Waals surface area contributed by atoms with Gasteiger partial charge in [-0.15, -0.1) is 0 Å². The maximum Gasteiger partial charge on any atom is 0.243 e. The summed E-state index contributed by atoms with van der Waals surface area (Å²) >= 11 is 6.14. The molecule has 29 heavy (non-hydrogen) atoms. The molecule has 0 aliphatic heterocycles. The van der Waals surface area contributed by atoms with E-state index in [1.54, 1.807) is 13.8 Å². The van der Waals surface area contributed by atoms with E-state index in [1.807, 2.05) is 20.8 Å². The van der Waals surface area contributed by atoms with E-state index in [1.165, 1.54) is 22.5 Å². The Hall–Kier alpha value is -1.97. The van der Waals surface area contributed by atoms with E-state index >= 15 is 0 Å². The summed E-state index contributed by atoms with van der Waals surface area (Å²) < 4.78 is 31.9. The van der Waals surface area contributed by atoms with Gasteiger partial charge in [-0.05, 0) is 18.2 Å². The molecule has 0 atom stereocenters. The Labute approximate surface area is 176 Å². The van der Waals surface area contributed by atoms with Gasteiger partial charge in [-0.3, -0.25) is 4.79 Å². The van der Waals surface area contributed by atoms with Gasteiger partial charge in [0.1, 0.15) is 0 Å². The molecular formula is C19H27ClN4O4S. The van der Waals surface area contributed by atoms with Crippen molar-refractivity contribution in [3.8, 4) is 0 Å². The number of nitrogens with one attached hydrogen (secondary N) is 1. The van der Waals surface area contributed by atoms with E-state index in [-0.39, 0.29) is 39.8 Å². The van der Waals surface area contributed by atoms with E-state index in [0.29, 0.717) is 24.8 Å². The van der Waals surface area contributed by atoms with Crippen molar-refractivity contribution in [3.63, 3.8) is 0 Å². The van der Waals surface area contributed by atoms with E-state index in [9.17, 15) is 13.2 Å². The number of sulfonamides is 1. The van der Waals surface area contributed by atoms with Crippen LogP contribution in [0.4, 0.5) is 5.69 Å². The average Bonchev–Trinajstić information content (AvgIpc) is 3.12. The Balaban J connectivity index is 2.09. The molecule has 0 radical (unpaired) electrons. The van der Waals surface area contributed by atoms with Crippen LogP contribution >= 0.6 is 11.6 Å². The number of amides is 1. The minimum Gasteiger partial charge on any atom is -0.339 e. The number of aromatic nitrogens is 2. The Morgan fingerprint density at radius 1 is 1.24 bits per heavy atom. The lowest BCUT2D eigenvalue weighted by molar-refractivity contribution is -0.116. The Morgan fingerprint density at radius 3 is 2.45 bits per heavy atom. The number of benzene rings is 1. The normalized spacial score (nSPS) is 12.4. The predicted molar refractivity (Wildman–Crippen MR) is 112 cm³/mol. The molecule has 1 heterocycles. The number of anilines is 1. The van der Waals surface area contributed by atoms with Crippen LogP contribution in [0.25, 0.3) is 0 Å². The fourth-order valence-corrected chi connectivity index (χ4v) is 4.22. The number of carbonyl (C=O) groups is 1. The summed E-state index contributed by atoms with van der Waals surface area (Å²) in [6, 6.07) is 4.26. The molecule has 1 aromatic heterocycles.